The van der Waals surface area contributed by atoms with E-state index in [9.17, 15) is 9.59 Å². The van der Waals surface area contributed by atoms with E-state index in [4.69, 9.17) is 11.0 Å². The number of nitrogens with one attached hydrogen (secondary N) is 1. The molecule has 0 aliphatic carbocycles. The van der Waals surface area contributed by atoms with Crippen LogP contribution in [0, 0.1) is 11.3 Å². The van der Waals surface area contributed by atoms with Gasteiger partial charge in [0.25, 0.3) is 0 Å². The highest BCUT2D eigenvalue weighted by molar-refractivity contribution is 6.01. The molecule has 0 rings (SSSR count). The molecule has 0 saturated carbocycles. The average molecular weight is 155 g/mol. The number of likely N-dealkylation sites (N-methyl/N-ethyl adjacent to an activating group) is 1. The van der Waals surface area contributed by atoms with Crippen LogP contribution in [-0.2, 0) is 9.59 Å². The number of nitriles is 1. The molecular formula is C6H9N3O2. The van der Waals surface area contributed by atoms with Crippen LogP contribution in [0.5, 0.6) is 0 Å². The number of ketones is 1. The molecule has 0 spiro atoms. The Labute approximate surface area is 64.2 Å². The first-order chi connectivity index (χ1) is 5.11. The highest BCUT2D eigenvalue weighted by Gasteiger charge is 2.16. The maximum atomic E-state index is 10.8. The topological polar surface area (TPSA) is 96.0 Å². The Kier molecular flexibility index (Phi) is 3.85. The number of rotatable bonds is 4. The number of amides is 1. The molecule has 0 unspecified atom stereocenters. The largest absolute Gasteiger partial charge is 0.369 e. The molecule has 0 aromatic heterocycles. The molecule has 0 aromatic rings. The second-order valence-corrected chi connectivity index (χ2v) is 1.96. The Morgan fingerprint density at radius 3 is 2.55 bits per heavy atom. The summed E-state index contributed by atoms with van der Waals surface area (Å²) in [4.78, 5) is 21.0. The van der Waals surface area contributed by atoms with Crippen molar-refractivity contribution in [3.05, 3.63) is 0 Å². The molecule has 60 valence electrons. The maximum absolute atomic E-state index is 10.8. The lowest BCUT2D eigenvalue weighted by molar-refractivity contribution is -0.126. The van der Waals surface area contributed by atoms with Gasteiger partial charge in [-0.05, 0) is 7.05 Å². The fraction of sp³-hybridized carbons (Fsp3) is 0.500. The summed E-state index contributed by atoms with van der Waals surface area (Å²) in [6.07, 6.45) is -0.390. The lowest BCUT2D eigenvalue weighted by Crippen LogP contribution is -2.34. The summed E-state index contributed by atoms with van der Waals surface area (Å²) in [5.41, 5.74) is 4.74. The number of Topliss-reactive ketones (excluding diaryl/α,β-unsaturated/α-hetero) is 1. The molecule has 11 heavy (non-hydrogen) atoms. The van der Waals surface area contributed by atoms with E-state index in [1.165, 1.54) is 7.05 Å². The number of hydrogen-bond acceptors (Lipinski definition) is 4. The summed E-state index contributed by atoms with van der Waals surface area (Å²) in [6.45, 7) is 0. The summed E-state index contributed by atoms with van der Waals surface area (Å²) in [5.74, 6) is -1.21. The summed E-state index contributed by atoms with van der Waals surface area (Å²) >= 11 is 0. The van der Waals surface area contributed by atoms with E-state index in [-0.39, 0.29) is 6.42 Å². The predicted molar refractivity (Wildman–Crippen MR) is 37.3 cm³/mol. The van der Waals surface area contributed by atoms with Crippen molar-refractivity contribution in [2.75, 3.05) is 7.05 Å². The Morgan fingerprint density at radius 1 is 1.73 bits per heavy atom. The second kappa shape index (κ2) is 4.41. The van der Waals surface area contributed by atoms with Crippen LogP contribution in [0.1, 0.15) is 6.42 Å². The van der Waals surface area contributed by atoms with Gasteiger partial charge in [-0.15, -0.1) is 0 Å². The van der Waals surface area contributed by atoms with Crippen LogP contribution in [0.25, 0.3) is 0 Å². The van der Waals surface area contributed by atoms with Gasteiger partial charge >= 0.3 is 0 Å². The van der Waals surface area contributed by atoms with Crippen molar-refractivity contribution in [2.24, 2.45) is 5.73 Å². The first kappa shape index (κ1) is 9.59. The van der Waals surface area contributed by atoms with Crippen LogP contribution in [0.4, 0.5) is 0 Å². The van der Waals surface area contributed by atoms with Gasteiger partial charge in [-0.3, -0.25) is 14.9 Å². The second-order valence-electron chi connectivity index (χ2n) is 1.96. The van der Waals surface area contributed by atoms with Gasteiger partial charge in [-0.25, -0.2) is 0 Å². The molecule has 3 N–H and O–H groups in total. The molecule has 0 aliphatic rings. The highest BCUT2D eigenvalue weighted by atomic mass is 16.2. The van der Waals surface area contributed by atoms with Crippen molar-refractivity contribution in [1.82, 2.24) is 5.32 Å². The van der Waals surface area contributed by atoms with E-state index in [1.807, 2.05) is 0 Å². The maximum Gasteiger partial charge on any atom is 0.224 e. The molecule has 0 bridgehead atoms. The van der Waals surface area contributed by atoms with Crippen LogP contribution in [0.3, 0.4) is 0 Å². The van der Waals surface area contributed by atoms with Crippen molar-refractivity contribution in [3.63, 3.8) is 0 Å². The Morgan fingerprint density at radius 2 is 2.27 bits per heavy atom. The number of hydrogen-bond donors (Lipinski definition) is 2. The monoisotopic (exact) mass is 155 g/mol. The van der Waals surface area contributed by atoms with E-state index < -0.39 is 17.7 Å². The fourth-order valence-electron chi connectivity index (χ4n) is 0.571. The minimum absolute atomic E-state index is 0.390. The third-order valence-electron chi connectivity index (χ3n) is 1.09. The van der Waals surface area contributed by atoms with Gasteiger partial charge in [0.15, 0.2) is 11.8 Å². The van der Waals surface area contributed by atoms with Crippen molar-refractivity contribution < 1.29 is 9.59 Å². The SMILES string of the molecule is CN[C@H](C#N)C(=O)CC(N)=O. The summed E-state index contributed by atoms with van der Waals surface area (Å²) in [5, 5.41) is 10.8. The molecule has 0 aromatic carbocycles. The average Bonchev–Trinajstić information content (AvgIpc) is 1.88. The minimum atomic E-state index is -0.928. The van der Waals surface area contributed by atoms with Gasteiger partial charge in [0.05, 0.1) is 12.5 Å². The minimum Gasteiger partial charge on any atom is -0.369 e. The van der Waals surface area contributed by atoms with Crippen LogP contribution < -0.4 is 11.1 Å². The summed E-state index contributed by atoms with van der Waals surface area (Å²) < 4.78 is 0. The fourth-order valence-corrected chi connectivity index (χ4v) is 0.571. The lowest BCUT2D eigenvalue weighted by atomic mass is 10.1. The van der Waals surface area contributed by atoms with E-state index in [0.717, 1.165) is 0 Å². The zero-order valence-electron chi connectivity index (χ0n) is 6.13. The number of nitrogens with two attached hydrogens (primary N) is 1. The standard InChI is InChI=1S/C6H9N3O2/c1-9-4(3-7)5(10)2-6(8)11/h4,9H,2H2,1H3,(H2,8,11)/t4-/m1/s1. The van der Waals surface area contributed by atoms with Gasteiger partial charge in [-0.1, -0.05) is 0 Å². The summed E-state index contributed by atoms with van der Waals surface area (Å²) in [6, 6.07) is 0.760. The molecule has 0 radical (unpaired) electrons. The molecular weight excluding hydrogens is 146 g/mol. The predicted octanol–water partition coefficient (Wildman–Crippen LogP) is -1.46. The first-order valence-corrected chi connectivity index (χ1v) is 2.99. The zero-order chi connectivity index (χ0) is 8.85. The van der Waals surface area contributed by atoms with Crippen molar-refractivity contribution >= 4 is 11.7 Å². The third-order valence-corrected chi connectivity index (χ3v) is 1.09. The molecule has 1 atom stereocenters. The van der Waals surface area contributed by atoms with Gasteiger partial charge in [0.1, 0.15) is 0 Å². The van der Waals surface area contributed by atoms with Gasteiger partial charge < -0.3 is 5.73 Å². The van der Waals surface area contributed by atoms with Crippen molar-refractivity contribution in [1.29, 1.82) is 5.26 Å². The van der Waals surface area contributed by atoms with Gasteiger partial charge in [0, 0.05) is 0 Å². The number of carbonyl (C=O) groups excluding carboxylic acids is 2. The lowest BCUT2D eigenvalue weighted by Gasteiger charge is -2.02. The number of primary amides is 1. The Hall–Kier alpha value is -1.41. The van der Waals surface area contributed by atoms with Crippen LogP contribution in [-0.4, -0.2) is 24.8 Å². The zero-order valence-corrected chi connectivity index (χ0v) is 6.13. The highest BCUT2D eigenvalue weighted by Crippen LogP contribution is 1.88. The smallest absolute Gasteiger partial charge is 0.224 e. The summed E-state index contributed by atoms with van der Waals surface area (Å²) in [7, 11) is 1.47. The van der Waals surface area contributed by atoms with E-state index in [2.05, 4.69) is 5.32 Å². The number of carbonyl (C=O) groups is 2. The van der Waals surface area contributed by atoms with Crippen LogP contribution >= 0.6 is 0 Å². The van der Waals surface area contributed by atoms with Crippen LogP contribution in [0.15, 0.2) is 0 Å². The molecule has 0 saturated heterocycles. The molecule has 1 amide bonds. The third kappa shape index (κ3) is 3.33. The molecule has 0 aliphatic heterocycles. The van der Waals surface area contributed by atoms with Crippen molar-refractivity contribution in [3.8, 4) is 6.07 Å². The van der Waals surface area contributed by atoms with E-state index >= 15 is 0 Å². The Balaban J connectivity index is 4.03. The van der Waals surface area contributed by atoms with E-state index in [0.29, 0.717) is 0 Å². The van der Waals surface area contributed by atoms with Gasteiger partial charge in [-0.2, -0.15) is 5.26 Å². The molecule has 0 heterocycles. The molecule has 0 fully saturated rings. The molecule has 5 nitrogen and oxygen atoms in total. The van der Waals surface area contributed by atoms with Crippen molar-refractivity contribution in [2.45, 2.75) is 12.5 Å². The Bertz CT molecular complexity index is 206. The van der Waals surface area contributed by atoms with Gasteiger partial charge in [0.2, 0.25) is 5.91 Å². The quantitative estimate of drug-likeness (QED) is 0.485. The first-order valence-electron chi connectivity index (χ1n) is 2.99. The molecule has 5 heteroatoms. The number of nitrogens with zero attached hydrogens (tertiary/aromatic N) is 1. The van der Waals surface area contributed by atoms with E-state index in [1.54, 1.807) is 6.07 Å². The normalized spacial score (nSPS) is 11.6. The van der Waals surface area contributed by atoms with Crippen LogP contribution in [0.2, 0.25) is 0 Å².